The largest absolute Gasteiger partial charge is 0.369 e. The lowest BCUT2D eigenvalue weighted by Crippen LogP contribution is -2.28. The van der Waals surface area contributed by atoms with Gasteiger partial charge in [0.1, 0.15) is 6.10 Å². The topological polar surface area (TPSA) is 64.3 Å². The molecular weight excluding hydrogens is 240 g/mol. The van der Waals surface area contributed by atoms with Crippen molar-refractivity contribution in [3.63, 3.8) is 0 Å². The van der Waals surface area contributed by atoms with Gasteiger partial charge in [-0.25, -0.2) is 0 Å². The van der Waals surface area contributed by atoms with Gasteiger partial charge in [0.2, 0.25) is 0 Å². The average Bonchev–Trinajstić information content (AvgIpc) is 3.23. The average molecular weight is 262 g/mol. The highest BCUT2D eigenvalue weighted by Crippen LogP contribution is 2.32. The lowest BCUT2D eigenvalue weighted by atomic mass is 10.1. The zero-order valence-electron chi connectivity index (χ0n) is 11.4. The van der Waals surface area contributed by atoms with Crippen LogP contribution in [0.4, 0.5) is 5.69 Å². The Morgan fingerprint density at radius 3 is 2.89 bits per heavy atom. The van der Waals surface area contributed by atoms with Crippen molar-refractivity contribution in [2.24, 2.45) is 11.7 Å². The molecule has 19 heavy (non-hydrogen) atoms. The van der Waals surface area contributed by atoms with Crippen LogP contribution in [0.3, 0.4) is 0 Å². The third kappa shape index (κ3) is 4.33. The van der Waals surface area contributed by atoms with E-state index in [9.17, 15) is 4.79 Å². The van der Waals surface area contributed by atoms with Crippen LogP contribution >= 0.6 is 0 Å². The lowest BCUT2D eigenvalue weighted by Gasteiger charge is -2.15. The summed E-state index contributed by atoms with van der Waals surface area (Å²) in [6.45, 7) is 2.86. The number of nitrogens with two attached hydrogens (primary N) is 1. The maximum Gasteiger partial charge on any atom is 0.253 e. The van der Waals surface area contributed by atoms with E-state index < -0.39 is 6.10 Å². The van der Waals surface area contributed by atoms with Crippen LogP contribution in [0.2, 0.25) is 0 Å². The predicted octanol–water partition coefficient (Wildman–Crippen LogP) is 2.29. The van der Waals surface area contributed by atoms with Gasteiger partial charge >= 0.3 is 0 Å². The summed E-state index contributed by atoms with van der Waals surface area (Å²) in [5.74, 6) is 0.713. The molecule has 4 heteroatoms. The van der Waals surface area contributed by atoms with E-state index in [-0.39, 0.29) is 5.91 Å². The molecule has 0 heterocycles. The summed E-state index contributed by atoms with van der Waals surface area (Å²) in [5, 5.41) is 2.87. The van der Waals surface area contributed by atoms with Crippen LogP contribution in [0.5, 0.6) is 0 Å². The van der Waals surface area contributed by atoms with E-state index in [1.54, 1.807) is 6.92 Å². The number of nitrogens with one attached hydrogen (secondary N) is 1. The van der Waals surface area contributed by atoms with E-state index in [0.717, 1.165) is 23.6 Å². The SMILES string of the molecule is CC(OCCC1CC1)C(=O)Nc1ccccc1CN. The van der Waals surface area contributed by atoms with Crippen molar-refractivity contribution >= 4 is 11.6 Å². The van der Waals surface area contributed by atoms with E-state index in [2.05, 4.69) is 5.32 Å². The second-order valence-electron chi connectivity index (χ2n) is 5.10. The molecule has 104 valence electrons. The third-order valence-electron chi connectivity index (χ3n) is 3.46. The zero-order valence-corrected chi connectivity index (χ0v) is 11.4. The van der Waals surface area contributed by atoms with Crippen LogP contribution in [0.25, 0.3) is 0 Å². The Labute approximate surface area is 114 Å². The standard InChI is InChI=1S/C15H22N2O2/c1-11(19-9-8-12-6-7-12)15(18)17-14-5-3-2-4-13(14)10-16/h2-5,11-12H,6-10,16H2,1H3,(H,17,18). The molecule has 0 saturated heterocycles. The second kappa shape index (κ2) is 6.68. The number of amides is 1. The summed E-state index contributed by atoms with van der Waals surface area (Å²) in [6, 6.07) is 7.56. The molecule has 0 bridgehead atoms. The van der Waals surface area contributed by atoms with E-state index in [0.29, 0.717) is 13.2 Å². The molecule has 1 amide bonds. The van der Waals surface area contributed by atoms with Gasteiger partial charge in [-0.3, -0.25) is 4.79 Å². The molecule has 4 nitrogen and oxygen atoms in total. The van der Waals surface area contributed by atoms with E-state index >= 15 is 0 Å². The number of para-hydroxylation sites is 1. The third-order valence-corrected chi connectivity index (χ3v) is 3.46. The number of benzene rings is 1. The van der Waals surface area contributed by atoms with Crippen LogP contribution in [0.1, 0.15) is 31.7 Å². The Hall–Kier alpha value is -1.39. The number of carbonyl (C=O) groups is 1. The lowest BCUT2D eigenvalue weighted by molar-refractivity contribution is -0.126. The second-order valence-corrected chi connectivity index (χ2v) is 5.10. The van der Waals surface area contributed by atoms with E-state index in [4.69, 9.17) is 10.5 Å². The van der Waals surface area contributed by atoms with Gasteiger partial charge in [0, 0.05) is 18.8 Å². The molecule has 1 aromatic rings. The van der Waals surface area contributed by atoms with Crippen molar-refractivity contribution in [3.05, 3.63) is 29.8 Å². The Morgan fingerprint density at radius 2 is 2.21 bits per heavy atom. The Balaban J connectivity index is 1.81. The maximum absolute atomic E-state index is 12.0. The molecule has 1 unspecified atom stereocenters. The summed E-state index contributed by atoms with van der Waals surface area (Å²) in [7, 11) is 0. The molecule has 0 radical (unpaired) electrons. The number of hydrogen-bond acceptors (Lipinski definition) is 3. The predicted molar refractivity (Wildman–Crippen MR) is 75.7 cm³/mol. The van der Waals surface area contributed by atoms with Gasteiger partial charge in [-0.2, -0.15) is 0 Å². The van der Waals surface area contributed by atoms with Crippen molar-refractivity contribution in [1.82, 2.24) is 0 Å². The van der Waals surface area contributed by atoms with Gasteiger partial charge in [-0.1, -0.05) is 31.0 Å². The highest BCUT2D eigenvalue weighted by atomic mass is 16.5. The normalized spacial score (nSPS) is 16.1. The first-order chi connectivity index (χ1) is 9.20. The minimum Gasteiger partial charge on any atom is -0.369 e. The van der Waals surface area contributed by atoms with Crippen molar-refractivity contribution in [2.75, 3.05) is 11.9 Å². The molecular formula is C15H22N2O2. The number of carbonyl (C=O) groups excluding carboxylic acids is 1. The Bertz CT molecular complexity index is 430. The number of rotatable bonds is 7. The molecule has 1 atom stereocenters. The van der Waals surface area contributed by atoms with Gasteiger partial charge in [0.25, 0.3) is 5.91 Å². The smallest absolute Gasteiger partial charge is 0.253 e. The fourth-order valence-electron chi connectivity index (χ4n) is 1.95. The molecule has 1 saturated carbocycles. The van der Waals surface area contributed by atoms with Crippen molar-refractivity contribution in [1.29, 1.82) is 0 Å². The summed E-state index contributed by atoms with van der Waals surface area (Å²) in [5.41, 5.74) is 7.34. The minimum atomic E-state index is -0.426. The van der Waals surface area contributed by atoms with E-state index in [1.807, 2.05) is 24.3 Å². The van der Waals surface area contributed by atoms with Gasteiger partial charge in [0.15, 0.2) is 0 Å². The number of hydrogen-bond donors (Lipinski definition) is 2. The molecule has 2 rings (SSSR count). The highest BCUT2D eigenvalue weighted by Gasteiger charge is 2.22. The van der Waals surface area contributed by atoms with Crippen molar-refractivity contribution in [3.8, 4) is 0 Å². The molecule has 1 aliphatic rings. The van der Waals surface area contributed by atoms with Crippen LogP contribution in [-0.2, 0) is 16.1 Å². The molecule has 1 fully saturated rings. The van der Waals surface area contributed by atoms with Gasteiger partial charge in [0.05, 0.1) is 0 Å². The molecule has 1 aliphatic carbocycles. The summed E-state index contributed by atoms with van der Waals surface area (Å²) in [4.78, 5) is 12.0. The summed E-state index contributed by atoms with van der Waals surface area (Å²) >= 11 is 0. The fraction of sp³-hybridized carbons (Fsp3) is 0.533. The van der Waals surface area contributed by atoms with Crippen LogP contribution in [0.15, 0.2) is 24.3 Å². The van der Waals surface area contributed by atoms with E-state index in [1.165, 1.54) is 12.8 Å². The van der Waals surface area contributed by atoms with Crippen LogP contribution in [0, 0.1) is 5.92 Å². The molecule has 0 aliphatic heterocycles. The van der Waals surface area contributed by atoms with Gasteiger partial charge < -0.3 is 15.8 Å². The van der Waals surface area contributed by atoms with Gasteiger partial charge in [-0.05, 0) is 30.9 Å². The Kier molecular flexibility index (Phi) is 4.93. The molecule has 0 aromatic heterocycles. The Morgan fingerprint density at radius 1 is 1.47 bits per heavy atom. The number of anilines is 1. The summed E-state index contributed by atoms with van der Waals surface area (Å²) in [6.07, 6.45) is 3.27. The fourth-order valence-corrected chi connectivity index (χ4v) is 1.95. The first-order valence-electron chi connectivity index (χ1n) is 6.91. The van der Waals surface area contributed by atoms with Gasteiger partial charge in [-0.15, -0.1) is 0 Å². The first-order valence-corrected chi connectivity index (χ1v) is 6.91. The molecule has 1 aromatic carbocycles. The zero-order chi connectivity index (χ0) is 13.7. The monoisotopic (exact) mass is 262 g/mol. The highest BCUT2D eigenvalue weighted by molar-refractivity contribution is 5.94. The minimum absolute atomic E-state index is 0.114. The summed E-state index contributed by atoms with van der Waals surface area (Å²) < 4.78 is 5.56. The quantitative estimate of drug-likeness (QED) is 0.792. The number of ether oxygens (including phenoxy) is 1. The van der Waals surface area contributed by atoms with Crippen LogP contribution in [-0.4, -0.2) is 18.6 Å². The van der Waals surface area contributed by atoms with Crippen LogP contribution < -0.4 is 11.1 Å². The first kappa shape index (κ1) is 14.0. The maximum atomic E-state index is 12.0. The van der Waals surface area contributed by atoms with Crippen molar-refractivity contribution < 1.29 is 9.53 Å². The molecule has 0 spiro atoms. The molecule has 3 N–H and O–H groups in total. The van der Waals surface area contributed by atoms with Crippen molar-refractivity contribution in [2.45, 2.75) is 38.8 Å².